The highest BCUT2D eigenvalue weighted by Crippen LogP contribution is 2.30. The third-order valence-electron chi connectivity index (χ3n) is 6.03. The van der Waals surface area contributed by atoms with Crippen LogP contribution < -0.4 is 0 Å². The van der Waals surface area contributed by atoms with E-state index < -0.39 is 0 Å². The van der Waals surface area contributed by atoms with Crippen LogP contribution in [0.15, 0.2) is 85.1 Å². The van der Waals surface area contributed by atoms with Crippen LogP contribution in [0.1, 0.15) is 31.7 Å². The Bertz CT molecular complexity index is 1150. The maximum atomic E-state index is 14.8. The third kappa shape index (κ3) is 5.58. The van der Waals surface area contributed by atoms with E-state index in [9.17, 15) is 4.39 Å². The van der Waals surface area contributed by atoms with E-state index in [0.29, 0.717) is 5.56 Å². The summed E-state index contributed by atoms with van der Waals surface area (Å²) in [6.07, 6.45) is 6.12. The van der Waals surface area contributed by atoms with Gasteiger partial charge in [0.05, 0.1) is 17.6 Å². The second-order valence-electron chi connectivity index (χ2n) is 8.58. The van der Waals surface area contributed by atoms with Gasteiger partial charge in [0.2, 0.25) is 0 Å². The Hall–Kier alpha value is -3.24. The summed E-state index contributed by atoms with van der Waals surface area (Å²) in [7, 11) is 2.17. The summed E-state index contributed by atoms with van der Waals surface area (Å²) < 4.78 is 16.7. The second-order valence-corrected chi connectivity index (χ2v) is 8.58. The molecule has 0 fully saturated rings. The number of nitrogens with zero attached hydrogens (tertiary/aromatic N) is 3. The fraction of sp³-hybridized carbons (Fsp3) is 0.276. The maximum Gasteiger partial charge on any atom is 0.132 e. The molecule has 0 bridgehead atoms. The molecule has 4 rings (SSSR count). The normalized spacial score (nSPS) is 11.3. The average Bonchev–Trinajstić information content (AvgIpc) is 3.26. The van der Waals surface area contributed by atoms with E-state index >= 15 is 0 Å². The average molecular weight is 442 g/mol. The van der Waals surface area contributed by atoms with E-state index in [0.717, 1.165) is 54.9 Å². The highest BCUT2D eigenvalue weighted by Gasteiger charge is 2.17. The zero-order chi connectivity index (χ0) is 23.0. The minimum atomic E-state index is -0.218. The summed E-state index contributed by atoms with van der Waals surface area (Å²) >= 11 is 0. The van der Waals surface area contributed by atoms with Gasteiger partial charge in [-0.2, -0.15) is 5.10 Å². The van der Waals surface area contributed by atoms with Gasteiger partial charge in [0, 0.05) is 5.56 Å². The molecular weight excluding hydrogens is 409 g/mol. The SMILES string of the molecule is CCCN(C)CCCCc1cnn(-c2ccc(-c3ccccc3)cc2)c1-c1ccccc1F. The number of rotatable bonds is 10. The number of hydrogen-bond acceptors (Lipinski definition) is 2. The van der Waals surface area contributed by atoms with E-state index in [1.807, 2.05) is 41.2 Å². The molecular formula is C29H32FN3. The van der Waals surface area contributed by atoms with Crippen LogP contribution in [0.4, 0.5) is 4.39 Å². The lowest BCUT2D eigenvalue weighted by Crippen LogP contribution is -2.20. The zero-order valence-electron chi connectivity index (χ0n) is 19.5. The highest BCUT2D eigenvalue weighted by molar-refractivity contribution is 5.68. The number of hydrogen-bond donors (Lipinski definition) is 0. The van der Waals surface area contributed by atoms with Crippen LogP contribution in [0, 0.1) is 5.82 Å². The van der Waals surface area contributed by atoms with Crippen molar-refractivity contribution < 1.29 is 4.39 Å². The van der Waals surface area contributed by atoms with Crippen molar-refractivity contribution in [2.45, 2.75) is 32.6 Å². The maximum absolute atomic E-state index is 14.8. The van der Waals surface area contributed by atoms with E-state index in [-0.39, 0.29) is 5.82 Å². The highest BCUT2D eigenvalue weighted by atomic mass is 19.1. The number of unbranched alkanes of at least 4 members (excludes halogenated alkanes) is 1. The van der Waals surface area contributed by atoms with Gasteiger partial charge in [-0.15, -0.1) is 0 Å². The summed E-state index contributed by atoms with van der Waals surface area (Å²) in [5.41, 5.74) is 5.79. The molecule has 0 aliphatic heterocycles. The Kier molecular flexibility index (Phi) is 7.69. The van der Waals surface area contributed by atoms with Gasteiger partial charge in [0.15, 0.2) is 0 Å². The lowest BCUT2D eigenvalue weighted by atomic mass is 10.0. The Morgan fingerprint density at radius 3 is 2.24 bits per heavy atom. The number of benzene rings is 3. The van der Waals surface area contributed by atoms with Gasteiger partial charge in [-0.05, 0) is 86.8 Å². The van der Waals surface area contributed by atoms with Crippen LogP contribution in [0.2, 0.25) is 0 Å². The monoisotopic (exact) mass is 441 g/mol. The molecule has 3 aromatic carbocycles. The summed E-state index contributed by atoms with van der Waals surface area (Å²) in [6, 6.07) is 25.6. The standard InChI is InChI=1S/C29H32FN3/c1-3-20-32(2)21-10-9-13-25-22-31-33(29(25)27-14-7-8-15-28(27)30)26-18-16-24(17-19-26)23-11-5-4-6-12-23/h4-8,11-12,14-19,22H,3,9-10,13,20-21H2,1-2H3. The Morgan fingerprint density at radius 1 is 0.818 bits per heavy atom. The molecule has 0 saturated heterocycles. The van der Waals surface area contributed by atoms with Crippen LogP contribution in [-0.2, 0) is 6.42 Å². The van der Waals surface area contributed by atoms with Crippen molar-refractivity contribution in [3.05, 3.63) is 96.4 Å². The topological polar surface area (TPSA) is 21.1 Å². The van der Waals surface area contributed by atoms with Gasteiger partial charge in [-0.25, -0.2) is 9.07 Å². The van der Waals surface area contributed by atoms with Crippen LogP contribution in [0.25, 0.3) is 28.1 Å². The summed E-state index contributed by atoms with van der Waals surface area (Å²) in [5, 5.41) is 4.69. The van der Waals surface area contributed by atoms with E-state index in [1.54, 1.807) is 6.07 Å². The Labute approximate surface area is 196 Å². The minimum absolute atomic E-state index is 0.218. The molecule has 0 unspecified atom stereocenters. The molecule has 3 nitrogen and oxygen atoms in total. The molecule has 0 amide bonds. The Balaban J connectivity index is 1.61. The predicted molar refractivity (Wildman–Crippen MR) is 135 cm³/mol. The number of halogens is 1. The first-order valence-electron chi connectivity index (χ1n) is 11.8. The van der Waals surface area contributed by atoms with Crippen LogP contribution in [0.3, 0.4) is 0 Å². The minimum Gasteiger partial charge on any atom is -0.306 e. The largest absolute Gasteiger partial charge is 0.306 e. The van der Waals surface area contributed by atoms with Gasteiger partial charge >= 0.3 is 0 Å². The molecule has 0 atom stereocenters. The van der Waals surface area contributed by atoms with Crippen molar-refractivity contribution in [1.29, 1.82) is 0 Å². The van der Waals surface area contributed by atoms with E-state index in [4.69, 9.17) is 0 Å². The Morgan fingerprint density at radius 2 is 1.52 bits per heavy atom. The van der Waals surface area contributed by atoms with Gasteiger partial charge < -0.3 is 4.90 Å². The van der Waals surface area contributed by atoms with Crippen LogP contribution in [-0.4, -0.2) is 34.8 Å². The molecule has 0 saturated carbocycles. The smallest absolute Gasteiger partial charge is 0.132 e. The molecule has 1 aromatic heterocycles. The van der Waals surface area contributed by atoms with Gasteiger partial charge in [0.1, 0.15) is 5.82 Å². The van der Waals surface area contributed by atoms with Crippen molar-refractivity contribution >= 4 is 0 Å². The lowest BCUT2D eigenvalue weighted by molar-refractivity contribution is 0.326. The molecule has 170 valence electrons. The van der Waals surface area contributed by atoms with Crippen LogP contribution in [0.5, 0.6) is 0 Å². The molecule has 4 aromatic rings. The third-order valence-corrected chi connectivity index (χ3v) is 6.03. The lowest BCUT2D eigenvalue weighted by Gasteiger charge is -2.15. The van der Waals surface area contributed by atoms with Crippen LogP contribution >= 0.6 is 0 Å². The molecule has 0 aliphatic carbocycles. The van der Waals surface area contributed by atoms with E-state index in [2.05, 4.69) is 60.4 Å². The zero-order valence-corrected chi connectivity index (χ0v) is 19.5. The number of aryl methyl sites for hydroxylation is 1. The molecule has 33 heavy (non-hydrogen) atoms. The molecule has 4 heteroatoms. The summed E-state index contributed by atoms with van der Waals surface area (Å²) in [4.78, 5) is 2.37. The number of aromatic nitrogens is 2. The first kappa shape index (κ1) is 22.9. The first-order valence-corrected chi connectivity index (χ1v) is 11.8. The predicted octanol–water partition coefficient (Wildman–Crippen LogP) is 7.01. The van der Waals surface area contributed by atoms with Crippen molar-refractivity contribution in [2.75, 3.05) is 20.1 Å². The van der Waals surface area contributed by atoms with Crippen molar-refractivity contribution in [1.82, 2.24) is 14.7 Å². The van der Waals surface area contributed by atoms with Gasteiger partial charge in [0.25, 0.3) is 0 Å². The molecule has 0 N–H and O–H groups in total. The van der Waals surface area contributed by atoms with Crippen molar-refractivity contribution in [3.8, 4) is 28.1 Å². The first-order chi connectivity index (χ1) is 16.2. The molecule has 0 aliphatic rings. The molecule has 1 heterocycles. The van der Waals surface area contributed by atoms with Gasteiger partial charge in [-0.1, -0.05) is 61.5 Å². The molecule has 0 spiro atoms. The fourth-order valence-corrected chi connectivity index (χ4v) is 4.32. The quantitative estimate of drug-likeness (QED) is 0.247. The summed E-state index contributed by atoms with van der Waals surface area (Å²) in [5.74, 6) is -0.218. The van der Waals surface area contributed by atoms with Crippen molar-refractivity contribution in [3.63, 3.8) is 0 Å². The van der Waals surface area contributed by atoms with E-state index in [1.165, 1.54) is 18.1 Å². The van der Waals surface area contributed by atoms with Crippen molar-refractivity contribution in [2.24, 2.45) is 0 Å². The fourth-order valence-electron chi connectivity index (χ4n) is 4.32. The second kappa shape index (κ2) is 11.1. The summed E-state index contributed by atoms with van der Waals surface area (Å²) in [6.45, 7) is 4.41. The van der Waals surface area contributed by atoms with Gasteiger partial charge in [-0.3, -0.25) is 0 Å². The molecule has 0 radical (unpaired) electrons.